The number of benzene rings is 1. The smallest absolute Gasteiger partial charge is 0.221 e. The molecule has 0 saturated heterocycles. The number of amides is 1. The summed E-state index contributed by atoms with van der Waals surface area (Å²) in [7, 11) is 0. The van der Waals surface area contributed by atoms with Crippen molar-refractivity contribution in [1.82, 2.24) is 10.3 Å². The van der Waals surface area contributed by atoms with E-state index in [1.54, 1.807) is 11.3 Å². The largest absolute Gasteiger partial charge is 0.356 e. The number of thiazole rings is 1. The fraction of sp³-hybridized carbons (Fsp3) is 0.375. The van der Waals surface area contributed by atoms with Crippen molar-refractivity contribution < 1.29 is 4.79 Å². The summed E-state index contributed by atoms with van der Waals surface area (Å²) in [6.07, 6.45) is 1.12. The third-order valence-corrected chi connectivity index (χ3v) is 4.09. The average Bonchev–Trinajstić information content (AvgIpc) is 2.80. The topological polar surface area (TPSA) is 68.0 Å². The van der Waals surface area contributed by atoms with Gasteiger partial charge in [-0.05, 0) is 13.8 Å². The highest BCUT2D eigenvalue weighted by Gasteiger charge is 2.10. The van der Waals surface area contributed by atoms with Gasteiger partial charge in [0.15, 0.2) is 0 Å². The quantitative estimate of drug-likeness (QED) is 0.812. The van der Waals surface area contributed by atoms with Gasteiger partial charge in [0.1, 0.15) is 0 Å². The number of hydrogen-bond acceptors (Lipinski definition) is 4. The van der Waals surface area contributed by atoms with Crippen LogP contribution in [0.2, 0.25) is 0 Å². The van der Waals surface area contributed by atoms with Crippen LogP contribution in [0.1, 0.15) is 23.2 Å². The maximum Gasteiger partial charge on any atom is 0.221 e. The molecule has 0 saturated carbocycles. The van der Waals surface area contributed by atoms with Gasteiger partial charge in [-0.25, -0.2) is 4.98 Å². The summed E-state index contributed by atoms with van der Waals surface area (Å²) in [5.41, 5.74) is 7.77. The van der Waals surface area contributed by atoms with Gasteiger partial charge in [0.2, 0.25) is 5.91 Å². The Hall–Kier alpha value is -1.14. The van der Waals surface area contributed by atoms with Crippen LogP contribution in [-0.4, -0.2) is 23.5 Å². The number of nitrogens with two attached hydrogens (primary N) is 1. The fourth-order valence-electron chi connectivity index (χ4n) is 2.10. The number of hydrogen-bond donors (Lipinski definition) is 2. The van der Waals surface area contributed by atoms with E-state index in [0.717, 1.165) is 22.7 Å². The number of nitrogens with zero attached hydrogens (tertiary/aromatic N) is 1. The molecule has 0 aliphatic carbocycles. The second-order valence-electron chi connectivity index (χ2n) is 5.16. The standard InChI is InChI=1S/C16H21N3OS.2ClH/c1-11(17)10-14(20)18-9-8-15-19-16(12(2)21-15)13-6-4-3-5-7-13;;/h3-7,11H,8-10,17H2,1-2H3,(H,18,20);2*1H. The van der Waals surface area contributed by atoms with Crippen LogP contribution in [0.5, 0.6) is 0 Å². The molecule has 1 unspecified atom stereocenters. The number of halogens is 2. The predicted molar refractivity (Wildman–Crippen MR) is 102 cm³/mol. The molecule has 1 atom stereocenters. The van der Waals surface area contributed by atoms with Crippen LogP contribution in [0.25, 0.3) is 11.3 Å². The molecular weight excluding hydrogens is 353 g/mol. The van der Waals surface area contributed by atoms with Gasteiger partial charge in [0.25, 0.3) is 0 Å². The van der Waals surface area contributed by atoms with E-state index >= 15 is 0 Å². The average molecular weight is 376 g/mol. The maximum absolute atomic E-state index is 11.5. The molecule has 1 aromatic carbocycles. The normalized spacial score (nSPS) is 11.1. The third kappa shape index (κ3) is 6.87. The number of rotatable bonds is 6. The highest BCUT2D eigenvalue weighted by molar-refractivity contribution is 7.12. The minimum absolute atomic E-state index is 0. The van der Waals surface area contributed by atoms with Crippen LogP contribution in [0.4, 0.5) is 0 Å². The van der Waals surface area contributed by atoms with Crippen molar-refractivity contribution in [3.05, 3.63) is 40.2 Å². The molecule has 1 heterocycles. The third-order valence-electron chi connectivity index (χ3n) is 3.06. The molecule has 3 N–H and O–H groups in total. The van der Waals surface area contributed by atoms with E-state index in [1.165, 1.54) is 4.88 Å². The highest BCUT2D eigenvalue weighted by Crippen LogP contribution is 2.27. The van der Waals surface area contributed by atoms with Crippen molar-refractivity contribution >= 4 is 42.1 Å². The number of nitrogens with one attached hydrogen (secondary N) is 1. The molecule has 4 nitrogen and oxygen atoms in total. The molecule has 2 aromatic rings. The van der Waals surface area contributed by atoms with Crippen molar-refractivity contribution in [3.63, 3.8) is 0 Å². The Morgan fingerprint density at radius 2 is 1.96 bits per heavy atom. The lowest BCUT2D eigenvalue weighted by Gasteiger charge is -2.05. The molecule has 0 aliphatic rings. The molecular formula is C16H23Cl2N3OS. The minimum atomic E-state index is -0.100. The Morgan fingerprint density at radius 1 is 1.30 bits per heavy atom. The van der Waals surface area contributed by atoms with E-state index in [1.807, 2.05) is 25.1 Å². The van der Waals surface area contributed by atoms with Gasteiger partial charge in [0, 0.05) is 35.9 Å². The van der Waals surface area contributed by atoms with E-state index in [0.29, 0.717) is 13.0 Å². The van der Waals surface area contributed by atoms with Crippen LogP contribution in [0.3, 0.4) is 0 Å². The molecule has 0 spiro atoms. The summed E-state index contributed by atoms with van der Waals surface area (Å²) in [5.74, 6) is 0.00145. The lowest BCUT2D eigenvalue weighted by atomic mass is 10.1. The second-order valence-corrected chi connectivity index (χ2v) is 6.45. The van der Waals surface area contributed by atoms with Gasteiger partial charge < -0.3 is 11.1 Å². The molecule has 128 valence electrons. The summed E-state index contributed by atoms with van der Waals surface area (Å²) >= 11 is 1.69. The van der Waals surface area contributed by atoms with E-state index in [9.17, 15) is 4.79 Å². The van der Waals surface area contributed by atoms with Gasteiger partial charge in [-0.15, -0.1) is 36.2 Å². The Labute approximate surface area is 153 Å². The summed E-state index contributed by atoms with van der Waals surface area (Å²) < 4.78 is 0. The summed E-state index contributed by atoms with van der Waals surface area (Å²) in [5, 5.41) is 3.93. The zero-order chi connectivity index (χ0) is 15.2. The van der Waals surface area contributed by atoms with E-state index in [4.69, 9.17) is 5.73 Å². The summed E-state index contributed by atoms with van der Waals surface area (Å²) in [6.45, 7) is 4.51. The number of carbonyl (C=O) groups excluding carboxylic acids is 1. The zero-order valence-corrected chi connectivity index (χ0v) is 15.7. The van der Waals surface area contributed by atoms with Crippen molar-refractivity contribution in [3.8, 4) is 11.3 Å². The summed E-state index contributed by atoms with van der Waals surface area (Å²) in [6, 6.07) is 10.1. The van der Waals surface area contributed by atoms with Crippen LogP contribution >= 0.6 is 36.2 Å². The van der Waals surface area contributed by atoms with Crippen LogP contribution in [0, 0.1) is 6.92 Å². The van der Waals surface area contributed by atoms with E-state index in [-0.39, 0.29) is 36.8 Å². The molecule has 7 heteroatoms. The molecule has 1 amide bonds. The first kappa shape index (κ1) is 21.9. The van der Waals surface area contributed by atoms with Crippen LogP contribution in [-0.2, 0) is 11.2 Å². The van der Waals surface area contributed by atoms with Gasteiger partial charge in [-0.1, -0.05) is 30.3 Å². The Kier molecular flexibility index (Phi) is 10.1. The molecule has 23 heavy (non-hydrogen) atoms. The Balaban J connectivity index is 0.00000242. The highest BCUT2D eigenvalue weighted by atomic mass is 35.5. The molecule has 2 rings (SSSR count). The Bertz CT molecular complexity index is 603. The lowest BCUT2D eigenvalue weighted by molar-refractivity contribution is -0.121. The van der Waals surface area contributed by atoms with Gasteiger partial charge in [-0.3, -0.25) is 4.79 Å². The molecule has 0 radical (unpaired) electrons. The molecule has 1 aromatic heterocycles. The molecule has 0 aliphatic heterocycles. The predicted octanol–water partition coefficient (Wildman–Crippen LogP) is 3.36. The van der Waals surface area contributed by atoms with E-state index < -0.39 is 0 Å². The van der Waals surface area contributed by atoms with Crippen molar-refractivity contribution in [2.24, 2.45) is 5.73 Å². The number of aromatic nitrogens is 1. The second kappa shape index (κ2) is 10.6. The Morgan fingerprint density at radius 3 is 2.57 bits per heavy atom. The van der Waals surface area contributed by atoms with Gasteiger partial charge >= 0.3 is 0 Å². The SMILES string of the molecule is Cc1sc(CCNC(=O)CC(C)N)nc1-c1ccccc1.Cl.Cl. The van der Waals surface area contributed by atoms with E-state index in [2.05, 4.69) is 29.4 Å². The number of carbonyl (C=O) groups is 1. The van der Waals surface area contributed by atoms with Crippen molar-refractivity contribution in [1.29, 1.82) is 0 Å². The fourth-order valence-corrected chi connectivity index (χ4v) is 3.05. The van der Waals surface area contributed by atoms with Gasteiger partial charge in [-0.2, -0.15) is 0 Å². The first-order valence-corrected chi connectivity index (χ1v) is 7.92. The lowest BCUT2D eigenvalue weighted by Crippen LogP contribution is -2.31. The first-order valence-electron chi connectivity index (χ1n) is 7.10. The molecule has 0 fully saturated rings. The first-order chi connectivity index (χ1) is 10.1. The monoisotopic (exact) mass is 375 g/mol. The van der Waals surface area contributed by atoms with Gasteiger partial charge in [0.05, 0.1) is 10.7 Å². The van der Waals surface area contributed by atoms with Crippen LogP contribution < -0.4 is 11.1 Å². The van der Waals surface area contributed by atoms with Crippen molar-refractivity contribution in [2.45, 2.75) is 32.7 Å². The van der Waals surface area contributed by atoms with Crippen LogP contribution in [0.15, 0.2) is 30.3 Å². The zero-order valence-electron chi connectivity index (χ0n) is 13.2. The number of aryl methyl sites for hydroxylation is 1. The summed E-state index contributed by atoms with van der Waals surface area (Å²) in [4.78, 5) is 17.4. The maximum atomic E-state index is 11.5. The van der Waals surface area contributed by atoms with Crippen molar-refractivity contribution in [2.75, 3.05) is 6.54 Å². The molecule has 0 bridgehead atoms. The minimum Gasteiger partial charge on any atom is -0.356 e.